The van der Waals surface area contributed by atoms with Gasteiger partial charge in [0.1, 0.15) is 6.04 Å². The lowest BCUT2D eigenvalue weighted by molar-refractivity contribution is -0.140. The molecule has 0 unspecified atom stereocenters. The Kier molecular flexibility index (Phi) is 4.65. The van der Waals surface area contributed by atoms with Gasteiger partial charge in [0.15, 0.2) is 0 Å². The molecule has 0 saturated carbocycles. The number of aliphatic carboxylic acids is 1. The molecule has 0 saturated heterocycles. The van der Waals surface area contributed by atoms with E-state index < -0.39 is 12.0 Å². The number of carboxylic acid groups (broad SMARTS) is 1. The zero-order valence-corrected chi connectivity index (χ0v) is 14.2. The van der Waals surface area contributed by atoms with Crippen LogP contribution in [0.3, 0.4) is 0 Å². The van der Waals surface area contributed by atoms with E-state index in [4.69, 9.17) is 0 Å². The van der Waals surface area contributed by atoms with Crippen LogP contribution < -0.4 is 5.32 Å². The molecule has 0 aliphatic heterocycles. The Balaban J connectivity index is 2.15. The van der Waals surface area contributed by atoms with Gasteiger partial charge in [-0.1, -0.05) is 56.7 Å². The number of rotatable bonds is 5. The predicted octanol–water partition coefficient (Wildman–Crippen LogP) is 3.62. The maximum Gasteiger partial charge on any atom is 0.326 e. The van der Waals surface area contributed by atoms with Crippen molar-refractivity contribution in [2.75, 3.05) is 0 Å². The van der Waals surface area contributed by atoms with Crippen molar-refractivity contribution < 1.29 is 14.7 Å². The summed E-state index contributed by atoms with van der Waals surface area (Å²) in [7, 11) is 0. The van der Waals surface area contributed by atoms with E-state index in [0.717, 1.165) is 0 Å². The number of carboxylic acids is 1. The van der Waals surface area contributed by atoms with E-state index in [1.165, 1.54) is 0 Å². The molecule has 1 amide bonds. The topological polar surface area (TPSA) is 79.3 Å². The van der Waals surface area contributed by atoms with Crippen molar-refractivity contribution >= 4 is 33.7 Å². The molecule has 3 rings (SSSR count). The van der Waals surface area contributed by atoms with E-state index in [9.17, 15) is 14.7 Å². The fourth-order valence-corrected chi connectivity index (χ4v) is 2.98. The zero-order valence-electron chi connectivity index (χ0n) is 14.2. The average Bonchev–Trinajstić information content (AvgIpc) is 2.62. The minimum atomic E-state index is -1.02. The molecule has 1 aromatic heterocycles. The third-order valence-corrected chi connectivity index (χ3v) is 4.58. The maximum absolute atomic E-state index is 13.0. The number of carbonyl (C=O) groups excluding carboxylic acids is 1. The van der Waals surface area contributed by atoms with E-state index >= 15 is 0 Å². The molecule has 0 aliphatic carbocycles. The summed E-state index contributed by atoms with van der Waals surface area (Å²) < 4.78 is 0. The molecular formula is C20H20N2O3. The fraction of sp³-hybridized carbons (Fsp3) is 0.250. The van der Waals surface area contributed by atoms with Crippen molar-refractivity contribution in [1.82, 2.24) is 10.3 Å². The third kappa shape index (κ3) is 3.18. The Bertz CT molecular complexity index is 898. The number of benzene rings is 2. The van der Waals surface area contributed by atoms with Crippen molar-refractivity contribution in [3.05, 3.63) is 54.1 Å². The molecule has 2 aromatic carbocycles. The van der Waals surface area contributed by atoms with Gasteiger partial charge in [-0.2, -0.15) is 0 Å². The molecule has 0 radical (unpaired) electrons. The molecule has 0 spiro atoms. The maximum atomic E-state index is 13.0. The Labute approximate surface area is 145 Å². The lowest BCUT2D eigenvalue weighted by Crippen LogP contribution is -2.45. The highest BCUT2D eigenvalue weighted by molar-refractivity contribution is 6.16. The number of hydrogen-bond donors (Lipinski definition) is 2. The molecule has 2 N–H and O–H groups in total. The van der Waals surface area contributed by atoms with Crippen molar-refractivity contribution in [3.63, 3.8) is 0 Å². The van der Waals surface area contributed by atoms with Gasteiger partial charge in [-0.15, -0.1) is 0 Å². The van der Waals surface area contributed by atoms with E-state index in [-0.39, 0.29) is 11.8 Å². The highest BCUT2D eigenvalue weighted by Crippen LogP contribution is 2.26. The number of nitrogens with zero attached hydrogens (tertiary/aromatic N) is 1. The standard InChI is InChI=1S/C20H20N2O3/c1-3-12(2)18(20(24)25)22-19(23)17-13-8-4-6-10-15(13)21-16-11-7-5-9-14(16)17/h4-12,18H,3H2,1-2H3,(H,22,23)(H,24,25)/t12-,18+/m1/s1. The quantitative estimate of drug-likeness (QED) is 0.698. The van der Waals surface area contributed by atoms with Crippen LogP contribution in [-0.4, -0.2) is 28.0 Å². The number of pyridine rings is 1. The molecule has 2 atom stereocenters. The Morgan fingerprint density at radius 3 is 2.04 bits per heavy atom. The van der Waals surface area contributed by atoms with Gasteiger partial charge in [-0.3, -0.25) is 4.79 Å². The summed E-state index contributed by atoms with van der Waals surface area (Å²) >= 11 is 0. The number of para-hydroxylation sites is 2. The average molecular weight is 336 g/mol. The largest absolute Gasteiger partial charge is 0.480 e. The van der Waals surface area contributed by atoms with Crippen LogP contribution in [0, 0.1) is 5.92 Å². The molecule has 3 aromatic rings. The second kappa shape index (κ2) is 6.89. The molecule has 128 valence electrons. The van der Waals surface area contributed by atoms with Crippen LogP contribution in [0.25, 0.3) is 21.8 Å². The summed E-state index contributed by atoms with van der Waals surface area (Å²) in [4.78, 5) is 29.2. The number of hydrogen-bond acceptors (Lipinski definition) is 3. The van der Waals surface area contributed by atoms with Gasteiger partial charge in [0.2, 0.25) is 0 Å². The van der Waals surface area contributed by atoms with E-state index in [0.29, 0.717) is 33.8 Å². The Morgan fingerprint density at radius 2 is 1.56 bits per heavy atom. The Morgan fingerprint density at radius 1 is 1.04 bits per heavy atom. The highest BCUT2D eigenvalue weighted by Gasteiger charge is 2.27. The number of amides is 1. The minimum Gasteiger partial charge on any atom is -0.480 e. The summed E-state index contributed by atoms with van der Waals surface area (Å²) in [6.07, 6.45) is 0.662. The normalized spacial score (nSPS) is 13.5. The summed E-state index contributed by atoms with van der Waals surface area (Å²) in [6, 6.07) is 13.9. The van der Waals surface area contributed by atoms with Crippen LogP contribution in [0.4, 0.5) is 0 Å². The lowest BCUT2D eigenvalue weighted by Gasteiger charge is -2.21. The molecule has 25 heavy (non-hydrogen) atoms. The van der Waals surface area contributed by atoms with Crippen molar-refractivity contribution in [1.29, 1.82) is 0 Å². The fourth-order valence-electron chi connectivity index (χ4n) is 2.98. The van der Waals surface area contributed by atoms with Gasteiger partial charge >= 0.3 is 5.97 Å². The van der Waals surface area contributed by atoms with Crippen molar-refractivity contribution in [2.45, 2.75) is 26.3 Å². The summed E-state index contributed by atoms with van der Waals surface area (Å²) in [5.74, 6) is -1.58. The predicted molar refractivity (Wildman–Crippen MR) is 97.6 cm³/mol. The van der Waals surface area contributed by atoms with Gasteiger partial charge in [-0.25, -0.2) is 9.78 Å². The number of carbonyl (C=O) groups is 2. The first-order chi connectivity index (χ1) is 12.0. The zero-order chi connectivity index (χ0) is 18.0. The summed E-state index contributed by atoms with van der Waals surface area (Å²) in [6.45, 7) is 3.73. The van der Waals surface area contributed by atoms with Crippen molar-refractivity contribution in [3.8, 4) is 0 Å². The second-order valence-electron chi connectivity index (χ2n) is 6.20. The van der Waals surface area contributed by atoms with Crippen molar-refractivity contribution in [2.24, 2.45) is 5.92 Å². The molecule has 0 fully saturated rings. The SMILES string of the molecule is CC[C@@H](C)[C@H](NC(=O)c1c2ccccc2nc2ccccc12)C(=O)O. The van der Waals surface area contributed by atoms with E-state index in [1.807, 2.05) is 62.4 Å². The molecular weight excluding hydrogens is 316 g/mol. The van der Waals surface area contributed by atoms with Crippen LogP contribution in [-0.2, 0) is 4.79 Å². The number of fused-ring (bicyclic) bond motifs is 2. The smallest absolute Gasteiger partial charge is 0.326 e. The van der Waals surface area contributed by atoms with Crippen LogP contribution in [0.15, 0.2) is 48.5 Å². The van der Waals surface area contributed by atoms with Gasteiger partial charge in [0, 0.05) is 10.8 Å². The minimum absolute atomic E-state index is 0.166. The van der Waals surface area contributed by atoms with Crippen LogP contribution in [0.5, 0.6) is 0 Å². The van der Waals surface area contributed by atoms with Gasteiger partial charge in [0.05, 0.1) is 16.6 Å². The first kappa shape index (κ1) is 16.9. The molecule has 1 heterocycles. The third-order valence-electron chi connectivity index (χ3n) is 4.58. The number of aromatic nitrogens is 1. The number of nitrogens with one attached hydrogen (secondary N) is 1. The lowest BCUT2D eigenvalue weighted by atomic mass is 9.97. The van der Waals surface area contributed by atoms with Crippen LogP contribution in [0.1, 0.15) is 30.6 Å². The molecule has 5 heteroatoms. The molecule has 5 nitrogen and oxygen atoms in total. The van der Waals surface area contributed by atoms with Crippen LogP contribution >= 0.6 is 0 Å². The second-order valence-corrected chi connectivity index (χ2v) is 6.20. The van der Waals surface area contributed by atoms with Gasteiger partial charge in [-0.05, 0) is 18.1 Å². The summed E-state index contributed by atoms with van der Waals surface area (Å²) in [5, 5.41) is 13.6. The van der Waals surface area contributed by atoms with Gasteiger partial charge in [0.25, 0.3) is 5.91 Å². The highest BCUT2D eigenvalue weighted by atomic mass is 16.4. The summed E-state index contributed by atoms with van der Waals surface area (Å²) in [5.41, 5.74) is 1.89. The molecule has 0 aliphatic rings. The molecule has 0 bridgehead atoms. The first-order valence-corrected chi connectivity index (χ1v) is 8.34. The monoisotopic (exact) mass is 336 g/mol. The first-order valence-electron chi connectivity index (χ1n) is 8.34. The van der Waals surface area contributed by atoms with E-state index in [2.05, 4.69) is 10.3 Å². The van der Waals surface area contributed by atoms with Crippen LogP contribution in [0.2, 0.25) is 0 Å². The van der Waals surface area contributed by atoms with E-state index in [1.54, 1.807) is 0 Å². The van der Waals surface area contributed by atoms with Gasteiger partial charge < -0.3 is 10.4 Å². The Hall–Kier alpha value is -2.95.